The summed E-state index contributed by atoms with van der Waals surface area (Å²) in [6.45, 7) is 5.42. The summed E-state index contributed by atoms with van der Waals surface area (Å²) in [4.78, 5) is 37.6. The molecule has 8 heteroatoms. The van der Waals surface area contributed by atoms with Crippen molar-refractivity contribution in [2.45, 2.75) is 33.9 Å². The molecule has 1 aliphatic heterocycles. The summed E-state index contributed by atoms with van der Waals surface area (Å²) in [5, 5.41) is 12.7. The van der Waals surface area contributed by atoms with Crippen LogP contribution in [-0.4, -0.2) is 21.4 Å². The molecule has 6 nitrogen and oxygen atoms in total. The number of hydrogen-bond donors (Lipinski definition) is 2. The molecule has 1 aromatic carbocycles. The summed E-state index contributed by atoms with van der Waals surface area (Å²) in [6.07, 6.45) is 1.23. The molecule has 0 saturated heterocycles. The molecular formula is C20H20F2N2O4. The molecule has 1 unspecified atom stereocenters. The molecule has 1 amide bonds. The number of ketones is 1. The number of benzene rings is 1. The second-order valence-electron chi connectivity index (χ2n) is 7.59. The fourth-order valence-corrected chi connectivity index (χ4v) is 3.18. The maximum Gasteiger partial charge on any atom is 0.257 e. The van der Waals surface area contributed by atoms with Gasteiger partial charge in [0.05, 0.1) is 0 Å². The van der Waals surface area contributed by atoms with Crippen LogP contribution in [0.2, 0.25) is 0 Å². The lowest BCUT2D eigenvalue weighted by Gasteiger charge is -2.37. The first kappa shape index (κ1) is 19.7. The van der Waals surface area contributed by atoms with Crippen LogP contribution in [0.3, 0.4) is 0 Å². The number of halogens is 2. The molecule has 2 heterocycles. The maximum atomic E-state index is 13.7. The molecular weight excluding hydrogens is 370 g/mol. The molecule has 0 spiro atoms. The molecule has 0 saturated carbocycles. The van der Waals surface area contributed by atoms with Gasteiger partial charge in [-0.3, -0.25) is 14.4 Å². The zero-order valence-electron chi connectivity index (χ0n) is 15.7. The van der Waals surface area contributed by atoms with Gasteiger partial charge < -0.3 is 15.0 Å². The number of fused-ring (bicyclic) bond motifs is 1. The van der Waals surface area contributed by atoms with Crippen molar-refractivity contribution in [3.05, 3.63) is 63.1 Å². The minimum Gasteiger partial charge on any atom is -0.503 e. The van der Waals surface area contributed by atoms with Crippen molar-refractivity contribution in [1.82, 2.24) is 9.88 Å². The molecule has 148 valence electrons. The lowest BCUT2D eigenvalue weighted by atomic mass is 9.72. The highest BCUT2D eigenvalue weighted by atomic mass is 19.1. The average Bonchev–Trinajstić information content (AvgIpc) is 2.62. The Morgan fingerprint density at radius 1 is 1.32 bits per heavy atom. The number of aromatic hydroxyl groups is 1. The van der Waals surface area contributed by atoms with E-state index in [1.54, 1.807) is 13.8 Å². The van der Waals surface area contributed by atoms with E-state index in [0.29, 0.717) is 12.6 Å². The van der Waals surface area contributed by atoms with Gasteiger partial charge in [0, 0.05) is 36.3 Å². The predicted molar refractivity (Wildman–Crippen MR) is 97.2 cm³/mol. The Hall–Kier alpha value is -3.03. The number of nitrogens with zero attached hydrogens (tertiary/aromatic N) is 1. The van der Waals surface area contributed by atoms with Gasteiger partial charge in [0.1, 0.15) is 22.9 Å². The molecule has 0 fully saturated rings. The second kappa shape index (κ2) is 6.85. The van der Waals surface area contributed by atoms with Gasteiger partial charge in [0.2, 0.25) is 5.43 Å². The maximum absolute atomic E-state index is 13.7. The van der Waals surface area contributed by atoms with Crippen LogP contribution >= 0.6 is 0 Å². The first-order valence-corrected chi connectivity index (χ1v) is 8.77. The van der Waals surface area contributed by atoms with Crippen molar-refractivity contribution in [3.63, 3.8) is 0 Å². The molecule has 3 rings (SSSR count). The highest BCUT2D eigenvalue weighted by Gasteiger charge is 2.42. The van der Waals surface area contributed by atoms with Crippen LogP contribution in [0.4, 0.5) is 8.78 Å². The van der Waals surface area contributed by atoms with Crippen molar-refractivity contribution in [1.29, 1.82) is 0 Å². The summed E-state index contributed by atoms with van der Waals surface area (Å²) in [5.74, 6) is -3.63. The van der Waals surface area contributed by atoms with E-state index in [0.717, 1.165) is 6.07 Å². The van der Waals surface area contributed by atoms with Gasteiger partial charge in [-0.15, -0.1) is 0 Å². The monoisotopic (exact) mass is 390 g/mol. The number of pyridine rings is 1. The van der Waals surface area contributed by atoms with E-state index >= 15 is 0 Å². The minimum absolute atomic E-state index is 0.0441. The van der Waals surface area contributed by atoms with Gasteiger partial charge in [-0.25, -0.2) is 8.78 Å². The number of Topliss-reactive ketones (excluding diaryl/α,β-unsaturated/α-hetero) is 1. The van der Waals surface area contributed by atoms with E-state index in [2.05, 4.69) is 5.32 Å². The third kappa shape index (κ3) is 3.19. The van der Waals surface area contributed by atoms with Crippen molar-refractivity contribution in [2.24, 2.45) is 11.3 Å². The van der Waals surface area contributed by atoms with Crippen LogP contribution in [0.5, 0.6) is 5.75 Å². The minimum atomic E-state index is -0.970. The Bertz CT molecular complexity index is 1040. The van der Waals surface area contributed by atoms with E-state index in [1.807, 2.05) is 6.92 Å². The molecule has 0 radical (unpaired) electrons. The third-order valence-corrected chi connectivity index (χ3v) is 5.46. The number of amides is 1. The summed E-state index contributed by atoms with van der Waals surface area (Å²) in [5.41, 5.74) is -2.16. The topological polar surface area (TPSA) is 88.4 Å². The molecule has 28 heavy (non-hydrogen) atoms. The third-order valence-electron chi connectivity index (χ3n) is 5.46. The number of nitrogens with one attached hydrogen (secondary N) is 1. The summed E-state index contributed by atoms with van der Waals surface area (Å²) in [7, 11) is 0. The highest BCUT2D eigenvalue weighted by molar-refractivity contribution is 6.03. The zero-order valence-corrected chi connectivity index (χ0v) is 15.7. The first-order valence-electron chi connectivity index (χ1n) is 8.77. The van der Waals surface area contributed by atoms with Gasteiger partial charge >= 0.3 is 0 Å². The molecule has 2 N–H and O–H groups in total. The molecule has 1 aliphatic rings. The fourth-order valence-electron chi connectivity index (χ4n) is 3.18. The molecule has 2 aromatic rings. The highest BCUT2D eigenvalue weighted by Crippen LogP contribution is 2.38. The van der Waals surface area contributed by atoms with Crippen molar-refractivity contribution >= 4 is 11.7 Å². The zero-order chi connectivity index (χ0) is 20.8. The van der Waals surface area contributed by atoms with Crippen LogP contribution in [-0.2, 0) is 13.1 Å². The van der Waals surface area contributed by atoms with Gasteiger partial charge in [-0.1, -0.05) is 26.8 Å². The van der Waals surface area contributed by atoms with Gasteiger partial charge in [0.25, 0.3) is 5.91 Å². The first-order chi connectivity index (χ1) is 13.0. The average molecular weight is 390 g/mol. The van der Waals surface area contributed by atoms with E-state index in [9.17, 15) is 28.3 Å². The van der Waals surface area contributed by atoms with E-state index < -0.39 is 34.1 Å². The van der Waals surface area contributed by atoms with E-state index in [1.165, 1.54) is 16.8 Å². The van der Waals surface area contributed by atoms with Gasteiger partial charge in [-0.05, 0) is 12.0 Å². The van der Waals surface area contributed by atoms with Crippen molar-refractivity contribution in [3.8, 4) is 5.75 Å². The Kier molecular flexibility index (Phi) is 4.82. The fraction of sp³-hybridized carbons (Fsp3) is 0.350. The largest absolute Gasteiger partial charge is 0.503 e. The molecule has 0 aliphatic carbocycles. The van der Waals surface area contributed by atoms with Crippen LogP contribution < -0.4 is 10.7 Å². The number of carbonyl (C=O) groups is 2. The molecule has 1 aromatic heterocycles. The normalized spacial score (nSPS) is 17.9. The van der Waals surface area contributed by atoms with Crippen LogP contribution in [0.15, 0.2) is 29.2 Å². The summed E-state index contributed by atoms with van der Waals surface area (Å²) < 4.78 is 28.1. The summed E-state index contributed by atoms with van der Waals surface area (Å²) in [6, 6.07) is 2.93. The van der Waals surface area contributed by atoms with Crippen molar-refractivity contribution in [2.75, 3.05) is 0 Å². The van der Waals surface area contributed by atoms with Crippen molar-refractivity contribution < 1.29 is 23.5 Å². The van der Waals surface area contributed by atoms with Gasteiger partial charge in [0.15, 0.2) is 11.5 Å². The van der Waals surface area contributed by atoms with E-state index in [-0.39, 0.29) is 35.1 Å². The Labute approximate surface area is 159 Å². The smallest absolute Gasteiger partial charge is 0.257 e. The van der Waals surface area contributed by atoms with Crippen LogP contribution in [0, 0.1) is 23.0 Å². The second-order valence-corrected chi connectivity index (χ2v) is 7.59. The van der Waals surface area contributed by atoms with Gasteiger partial charge in [-0.2, -0.15) is 0 Å². The lowest BCUT2D eigenvalue weighted by Crippen LogP contribution is -2.42. The lowest BCUT2D eigenvalue weighted by molar-refractivity contribution is 0.0666. The Morgan fingerprint density at radius 2 is 2.00 bits per heavy atom. The van der Waals surface area contributed by atoms with Crippen LogP contribution in [0.25, 0.3) is 0 Å². The number of rotatable bonds is 3. The van der Waals surface area contributed by atoms with E-state index in [4.69, 9.17) is 0 Å². The number of carbonyl (C=O) groups excluding carboxylic acids is 2. The molecule has 0 bridgehead atoms. The Morgan fingerprint density at radius 3 is 2.64 bits per heavy atom. The Balaban J connectivity index is 1.92. The number of hydrogen-bond acceptors (Lipinski definition) is 4. The number of aromatic nitrogens is 1. The summed E-state index contributed by atoms with van der Waals surface area (Å²) >= 11 is 0. The predicted octanol–water partition coefficient (Wildman–Crippen LogP) is 2.62. The SMILES string of the molecule is CC1Cn2cc(C(=O)NCc3ccc(F)cc3F)c(=O)c(O)c2C(=O)C1(C)C. The molecule has 1 atom stereocenters. The van der Waals surface area contributed by atoms with Crippen LogP contribution in [0.1, 0.15) is 47.2 Å². The quantitative estimate of drug-likeness (QED) is 0.843. The standard InChI is InChI=1S/C20H20F2N2O4/c1-10-8-24-9-13(16(25)17(26)15(24)18(27)20(10,2)3)19(28)23-7-11-4-5-12(21)6-14(11)22/h4-6,9-10,26H,7-8H2,1-3H3,(H,23,28).